The van der Waals surface area contributed by atoms with Gasteiger partial charge in [-0.3, -0.25) is 0 Å². The van der Waals surface area contributed by atoms with Crippen LogP contribution in [0.4, 0.5) is 4.79 Å². The van der Waals surface area contributed by atoms with Gasteiger partial charge in [0.05, 0.1) is 0 Å². The van der Waals surface area contributed by atoms with Crippen LogP contribution >= 0.6 is 0 Å². The summed E-state index contributed by atoms with van der Waals surface area (Å²) >= 11 is 0. The number of carbonyl (C=O) groups excluding carboxylic acids is 1. The molecule has 1 atom stereocenters. The number of rotatable bonds is 3. The molecule has 0 N–H and O–H groups in total. The molecule has 1 unspecified atom stereocenters. The summed E-state index contributed by atoms with van der Waals surface area (Å²) in [6, 6.07) is 0. The van der Waals surface area contributed by atoms with Gasteiger partial charge < -0.3 is 9.47 Å². The SMILES string of the molecule is CCC(OC(=O)OC1CCCC1)C(C)(C)C. The third kappa shape index (κ3) is 4.03. The van der Waals surface area contributed by atoms with Crippen LogP contribution < -0.4 is 0 Å². The molecule has 1 rings (SSSR count). The molecule has 0 aromatic carbocycles. The fourth-order valence-electron chi connectivity index (χ4n) is 2.16. The van der Waals surface area contributed by atoms with Crippen LogP contribution in [-0.2, 0) is 9.47 Å². The quantitative estimate of drug-likeness (QED) is 0.687. The fraction of sp³-hybridized carbons (Fsp3) is 0.923. The van der Waals surface area contributed by atoms with E-state index in [0.29, 0.717) is 0 Å². The van der Waals surface area contributed by atoms with Crippen LogP contribution in [-0.4, -0.2) is 18.4 Å². The summed E-state index contributed by atoms with van der Waals surface area (Å²) < 4.78 is 10.6. The second-order valence-corrected chi connectivity index (χ2v) is 5.66. The molecule has 0 bridgehead atoms. The predicted molar refractivity (Wildman–Crippen MR) is 63.4 cm³/mol. The minimum atomic E-state index is -0.492. The summed E-state index contributed by atoms with van der Waals surface area (Å²) in [4.78, 5) is 11.6. The summed E-state index contributed by atoms with van der Waals surface area (Å²) in [6.45, 7) is 8.25. The first-order chi connectivity index (χ1) is 7.43. The van der Waals surface area contributed by atoms with Gasteiger partial charge in [0.25, 0.3) is 0 Å². The highest BCUT2D eigenvalue weighted by Gasteiger charge is 2.28. The average molecular weight is 228 g/mol. The summed E-state index contributed by atoms with van der Waals surface area (Å²) in [6.07, 6.45) is 4.65. The molecule has 3 nitrogen and oxygen atoms in total. The largest absolute Gasteiger partial charge is 0.508 e. The summed E-state index contributed by atoms with van der Waals surface area (Å²) in [5.74, 6) is 0. The lowest BCUT2D eigenvalue weighted by atomic mass is 9.87. The van der Waals surface area contributed by atoms with Gasteiger partial charge in [0.2, 0.25) is 0 Å². The van der Waals surface area contributed by atoms with Gasteiger partial charge in [0.1, 0.15) is 12.2 Å². The Labute approximate surface area is 98.5 Å². The van der Waals surface area contributed by atoms with E-state index in [0.717, 1.165) is 32.1 Å². The molecule has 0 aromatic heterocycles. The predicted octanol–water partition coefficient (Wildman–Crippen LogP) is 3.91. The Kier molecular flexibility index (Phi) is 4.63. The van der Waals surface area contributed by atoms with Crippen molar-refractivity contribution in [3.63, 3.8) is 0 Å². The van der Waals surface area contributed by atoms with E-state index in [9.17, 15) is 4.79 Å². The molecular weight excluding hydrogens is 204 g/mol. The van der Waals surface area contributed by atoms with Crippen molar-refractivity contribution in [2.45, 2.75) is 72.0 Å². The molecule has 94 valence electrons. The van der Waals surface area contributed by atoms with Gasteiger partial charge in [-0.25, -0.2) is 4.79 Å². The summed E-state index contributed by atoms with van der Waals surface area (Å²) in [7, 11) is 0. The number of hydrogen-bond acceptors (Lipinski definition) is 3. The van der Waals surface area contributed by atoms with Gasteiger partial charge in [0.15, 0.2) is 0 Å². The molecule has 1 saturated carbocycles. The highest BCUT2D eigenvalue weighted by atomic mass is 16.7. The Balaban J connectivity index is 2.36. The molecular formula is C13H24O3. The number of ether oxygens (including phenoxy) is 2. The monoisotopic (exact) mass is 228 g/mol. The lowest BCUT2D eigenvalue weighted by Crippen LogP contribution is -2.32. The third-order valence-electron chi connectivity index (χ3n) is 3.14. The minimum Gasteiger partial charge on any atom is -0.431 e. The zero-order chi connectivity index (χ0) is 12.2. The van der Waals surface area contributed by atoms with Gasteiger partial charge in [-0.15, -0.1) is 0 Å². The van der Waals surface area contributed by atoms with Gasteiger partial charge in [-0.05, 0) is 37.5 Å². The molecule has 0 aliphatic heterocycles. The second-order valence-electron chi connectivity index (χ2n) is 5.66. The Morgan fingerprint density at radius 3 is 2.31 bits per heavy atom. The van der Waals surface area contributed by atoms with Crippen LogP contribution in [0.25, 0.3) is 0 Å². The van der Waals surface area contributed by atoms with E-state index < -0.39 is 6.16 Å². The van der Waals surface area contributed by atoms with Gasteiger partial charge >= 0.3 is 6.16 Å². The third-order valence-corrected chi connectivity index (χ3v) is 3.14. The van der Waals surface area contributed by atoms with E-state index in [2.05, 4.69) is 20.8 Å². The topological polar surface area (TPSA) is 35.5 Å². The van der Waals surface area contributed by atoms with Crippen molar-refractivity contribution in [2.24, 2.45) is 5.41 Å². The van der Waals surface area contributed by atoms with E-state index in [4.69, 9.17) is 9.47 Å². The zero-order valence-corrected chi connectivity index (χ0v) is 10.9. The molecule has 3 heteroatoms. The van der Waals surface area contributed by atoms with Crippen molar-refractivity contribution in [3.8, 4) is 0 Å². The first kappa shape index (κ1) is 13.3. The van der Waals surface area contributed by atoms with Crippen LogP contribution in [0.1, 0.15) is 59.8 Å². The second kappa shape index (κ2) is 5.55. The van der Waals surface area contributed by atoms with Crippen molar-refractivity contribution in [1.29, 1.82) is 0 Å². The van der Waals surface area contributed by atoms with Crippen molar-refractivity contribution < 1.29 is 14.3 Å². The molecule has 0 amide bonds. The van der Waals surface area contributed by atoms with Crippen LogP contribution in [0, 0.1) is 5.41 Å². The van der Waals surface area contributed by atoms with E-state index in [1.165, 1.54) is 0 Å². The zero-order valence-electron chi connectivity index (χ0n) is 10.9. The Morgan fingerprint density at radius 1 is 1.31 bits per heavy atom. The molecule has 0 radical (unpaired) electrons. The first-order valence-corrected chi connectivity index (χ1v) is 6.30. The van der Waals surface area contributed by atoms with Crippen LogP contribution in [0.15, 0.2) is 0 Å². The van der Waals surface area contributed by atoms with Crippen LogP contribution in [0.2, 0.25) is 0 Å². The van der Waals surface area contributed by atoms with Crippen molar-refractivity contribution in [1.82, 2.24) is 0 Å². The maximum Gasteiger partial charge on any atom is 0.508 e. The maximum absolute atomic E-state index is 11.6. The number of hydrogen-bond donors (Lipinski definition) is 0. The molecule has 0 aromatic rings. The van der Waals surface area contributed by atoms with Gasteiger partial charge in [0, 0.05) is 0 Å². The van der Waals surface area contributed by atoms with Gasteiger partial charge in [-0.1, -0.05) is 27.7 Å². The molecule has 0 heterocycles. The molecule has 1 aliphatic rings. The Morgan fingerprint density at radius 2 is 1.88 bits per heavy atom. The van der Waals surface area contributed by atoms with E-state index in [-0.39, 0.29) is 17.6 Å². The Bertz CT molecular complexity index is 224. The van der Waals surface area contributed by atoms with Crippen molar-refractivity contribution in [3.05, 3.63) is 0 Å². The van der Waals surface area contributed by atoms with E-state index in [1.54, 1.807) is 0 Å². The minimum absolute atomic E-state index is 0.0244. The Hall–Kier alpha value is -0.730. The standard InChI is InChI=1S/C13H24O3/c1-5-11(13(2,3)4)16-12(14)15-10-8-6-7-9-10/h10-11H,5-9H2,1-4H3. The van der Waals surface area contributed by atoms with Crippen molar-refractivity contribution >= 4 is 6.16 Å². The summed E-state index contributed by atoms with van der Waals surface area (Å²) in [5.41, 5.74) is -0.0244. The fourth-order valence-corrected chi connectivity index (χ4v) is 2.16. The normalized spacial score (nSPS) is 19.5. The lowest BCUT2D eigenvalue weighted by molar-refractivity contribution is -0.0336. The van der Waals surface area contributed by atoms with Gasteiger partial charge in [-0.2, -0.15) is 0 Å². The number of carbonyl (C=O) groups is 1. The van der Waals surface area contributed by atoms with E-state index in [1.807, 2.05) is 6.92 Å². The summed E-state index contributed by atoms with van der Waals surface area (Å²) in [5, 5.41) is 0. The molecule has 0 saturated heterocycles. The molecule has 16 heavy (non-hydrogen) atoms. The molecule has 1 fully saturated rings. The maximum atomic E-state index is 11.6. The molecule has 0 spiro atoms. The van der Waals surface area contributed by atoms with E-state index >= 15 is 0 Å². The average Bonchev–Trinajstić information content (AvgIpc) is 2.64. The highest BCUT2D eigenvalue weighted by molar-refractivity contribution is 5.60. The smallest absolute Gasteiger partial charge is 0.431 e. The van der Waals surface area contributed by atoms with Crippen molar-refractivity contribution in [2.75, 3.05) is 0 Å². The molecule has 1 aliphatic carbocycles. The highest BCUT2D eigenvalue weighted by Crippen LogP contribution is 2.26. The lowest BCUT2D eigenvalue weighted by Gasteiger charge is -2.29. The first-order valence-electron chi connectivity index (χ1n) is 6.30. The van der Waals surface area contributed by atoms with Crippen LogP contribution in [0.5, 0.6) is 0 Å². The van der Waals surface area contributed by atoms with Crippen LogP contribution in [0.3, 0.4) is 0 Å².